The topological polar surface area (TPSA) is 39.7 Å². The summed E-state index contributed by atoms with van der Waals surface area (Å²) in [6, 6.07) is 3.46. The molecule has 0 amide bonds. The smallest absolute Gasteiger partial charge is 0.191 e. The number of hydrogen-bond acceptors (Lipinski definition) is 2. The molecule has 0 aliphatic carbocycles. The Morgan fingerprint density at radius 3 is 2.67 bits per heavy atom. The Morgan fingerprint density at radius 1 is 1.21 bits per heavy atom. The predicted octanol–water partition coefficient (Wildman–Crippen LogP) is 2.75. The number of piperidine rings is 1. The Bertz CT molecular complexity index is 542. The molecule has 0 spiro atoms. The molecule has 0 bridgehead atoms. The third-order valence-corrected chi connectivity index (χ3v) is 4.31. The van der Waals surface area contributed by atoms with E-state index in [0.29, 0.717) is 17.4 Å². The second-order valence-electron chi connectivity index (χ2n) is 6.51. The number of benzene rings is 1. The van der Waals surface area contributed by atoms with Crippen LogP contribution in [0.5, 0.6) is 0 Å². The summed E-state index contributed by atoms with van der Waals surface area (Å²) in [6.45, 7) is 6.65. The molecule has 1 aliphatic heterocycles. The highest BCUT2D eigenvalue weighted by Gasteiger charge is 2.13. The van der Waals surface area contributed by atoms with Gasteiger partial charge < -0.3 is 15.5 Å². The Labute approximate surface area is 143 Å². The molecular formula is C18H28F2N4. The molecule has 1 fully saturated rings. The molecular weight excluding hydrogens is 310 g/mol. The number of halogens is 2. The van der Waals surface area contributed by atoms with Gasteiger partial charge in [-0.25, -0.2) is 8.78 Å². The summed E-state index contributed by atoms with van der Waals surface area (Å²) < 4.78 is 26.8. The van der Waals surface area contributed by atoms with Crippen LogP contribution < -0.4 is 10.6 Å². The fourth-order valence-electron chi connectivity index (χ4n) is 3.00. The number of guanidine groups is 1. The van der Waals surface area contributed by atoms with E-state index in [2.05, 4.69) is 27.4 Å². The van der Waals surface area contributed by atoms with E-state index < -0.39 is 11.6 Å². The molecule has 0 saturated carbocycles. The lowest BCUT2D eigenvalue weighted by Crippen LogP contribution is -2.42. The van der Waals surface area contributed by atoms with Crippen molar-refractivity contribution in [2.75, 3.05) is 33.2 Å². The Morgan fingerprint density at radius 2 is 1.96 bits per heavy atom. The highest BCUT2D eigenvalue weighted by Crippen LogP contribution is 2.11. The Kier molecular flexibility index (Phi) is 7.43. The first-order valence-corrected chi connectivity index (χ1v) is 8.69. The van der Waals surface area contributed by atoms with Gasteiger partial charge >= 0.3 is 0 Å². The first-order chi connectivity index (χ1) is 11.6. The fraction of sp³-hybridized carbons (Fsp3) is 0.611. The quantitative estimate of drug-likeness (QED) is 0.619. The van der Waals surface area contributed by atoms with Gasteiger partial charge in [0.25, 0.3) is 0 Å². The van der Waals surface area contributed by atoms with Gasteiger partial charge in [0.1, 0.15) is 11.6 Å². The number of aliphatic imine (C=N–C) groups is 1. The van der Waals surface area contributed by atoms with Crippen molar-refractivity contribution in [3.63, 3.8) is 0 Å². The van der Waals surface area contributed by atoms with E-state index in [-0.39, 0.29) is 6.54 Å². The van der Waals surface area contributed by atoms with E-state index in [1.807, 2.05) is 0 Å². The van der Waals surface area contributed by atoms with Crippen LogP contribution >= 0.6 is 0 Å². The maximum Gasteiger partial charge on any atom is 0.191 e. The molecule has 1 aromatic carbocycles. The summed E-state index contributed by atoms with van der Waals surface area (Å²) in [5.41, 5.74) is 0.291. The monoisotopic (exact) mass is 338 g/mol. The molecule has 1 aliphatic rings. The van der Waals surface area contributed by atoms with Gasteiger partial charge in [0.05, 0.1) is 0 Å². The second kappa shape index (κ2) is 9.57. The molecule has 6 heteroatoms. The summed E-state index contributed by atoms with van der Waals surface area (Å²) >= 11 is 0. The van der Waals surface area contributed by atoms with Crippen molar-refractivity contribution >= 4 is 5.96 Å². The maximum atomic E-state index is 13.6. The van der Waals surface area contributed by atoms with Gasteiger partial charge in [0.2, 0.25) is 0 Å². The van der Waals surface area contributed by atoms with E-state index in [1.54, 1.807) is 7.05 Å². The number of nitrogens with one attached hydrogen (secondary N) is 2. The van der Waals surface area contributed by atoms with Crippen molar-refractivity contribution in [1.29, 1.82) is 0 Å². The average molecular weight is 338 g/mol. The van der Waals surface area contributed by atoms with Gasteiger partial charge in [-0.05, 0) is 50.0 Å². The zero-order valence-corrected chi connectivity index (χ0v) is 14.6. The van der Waals surface area contributed by atoms with E-state index in [4.69, 9.17) is 0 Å². The van der Waals surface area contributed by atoms with Crippen molar-refractivity contribution in [3.05, 3.63) is 35.4 Å². The zero-order chi connectivity index (χ0) is 17.4. The van der Waals surface area contributed by atoms with Crippen LogP contribution in [0.4, 0.5) is 8.78 Å². The highest BCUT2D eigenvalue weighted by atomic mass is 19.1. The normalized spacial score (nSPS) is 17.6. The van der Waals surface area contributed by atoms with Crippen molar-refractivity contribution in [2.45, 2.75) is 32.7 Å². The van der Waals surface area contributed by atoms with E-state index in [9.17, 15) is 8.78 Å². The molecule has 2 rings (SSSR count). The molecule has 0 aromatic heterocycles. The van der Waals surface area contributed by atoms with Crippen molar-refractivity contribution in [1.82, 2.24) is 15.5 Å². The third kappa shape index (κ3) is 6.07. The molecule has 4 nitrogen and oxygen atoms in total. The van der Waals surface area contributed by atoms with Gasteiger partial charge in [0, 0.05) is 32.2 Å². The molecule has 1 aromatic rings. The minimum atomic E-state index is -0.439. The van der Waals surface area contributed by atoms with Crippen LogP contribution in [0.3, 0.4) is 0 Å². The number of hydrogen-bond donors (Lipinski definition) is 2. The third-order valence-electron chi connectivity index (χ3n) is 4.31. The van der Waals surface area contributed by atoms with Gasteiger partial charge in [-0.2, -0.15) is 0 Å². The number of nitrogens with zero attached hydrogens (tertiary/aromatic N) is 2. The minimum Gasteiger partial charge on any atom is -0.356 e. The molecule has 0 radical (unpaired) electrons. The SMILES string of the molecule is CN=C(NCc1cc(F)ccc1F)NCC(C)CN1CCCCC1. The average Bonchev–Trinajstić information content (AvgIpc) is 2.58. The van der Waals surface area contributed by atoms with Crippen LogP contribution in [0.1, 0.15) is 31.7 Å². The Hall–Kier alpha value is -1.69. The predicted molar refractivity (Wildman–Crippen MR) is 94.0 cm³/mol. The zero-order valence-electron chi connectivity index (χ0n) is 14.6. The van der Waals surface area contributed by atoms with Gasteiger partial charge in [-0.15, -0.1) is 0 Å². The summed E-state index contributed by atoms with van der Waals surface area (Å²) in [6.07, 6.45) is 3.93. The second-order valence-corrected chi connectivity index (χ2v) is 6.51. The molecule has 1 atom stereocenters. The van der Waals surface area contributed by atoms with Gasteiger partial charge in [-0.3, -0.25) is 4.99 Å². The molecule has 24 heavy (non-hydrogen) atoms. The fourth-order valence-corrected chi connectivity index (χ4v) is 3.00. The molecule has 134 valence electrons. The van der Waals surface area contributed by atoms with Crippen LogP contribution in [0.2, 0.25) is 0 Å². The van der Waals surface area contributed by atoms with Crippen LogP contribution in [-0.2, 0) is 6.54 Å². The molecule has 1 heterocycles. The van der Waals surface area contributed by atoms with Crippen LogP contribution in [0, 0.1) is 17.6 Å². The lowest BCUT2D eigenvalue weighted by molar-refractivity contribution is 0.201. The summed E-state index contributed by atoms with van der Waals surface area (Å²) in [5.74, 6) is 0.237. The highest BCUT2D eigenvalue weighted by molar-refractivity contribution is 5.79. The lowest BCUT2D eigenvalue weighted by atomic mass is 10.1. The Balaban J connectivity index is 1.74. The number of likely N-dealkylation sites (tertiary alicyclic amines) is 1. The first-order valence-electron chi connectivity index (χ1n) is 8.69. The van der Waals surface area contributed by atoms with E-state index in [0.717, 1.165) is 25.2 Å². The van der Waals surface area contributed by atoms with Crippen LogP contribution in [-0.4, -0.2) is 44.1 Å². The minimum absolute atomic E-state index is 0.198. The summed E-state index contributed by atoms with van der Waals surface area (Å²) in [4.78, 5) is 6.65. The maximum absolute atomic E-state index is 13.6. The standard InChI is InChI=1S/C18H28F2N4/c1-14(13-24-8-4-3-5-9-24)11-22-18(21-2)23-12-15-10-16(19)6-7-17(15)20/h6-7,10,14H,3-5,8-9,11-13H2,1-2H3,(H2,21,22,23). The summed E-state index contributed by atoms with van der Waals surface area (Å²) in [7, 11) is 1.67. The number of rotatable bonds is 6. The lowest BCUT2D eigenvalue weighted by Gasteiger charge is -2.29. The van der Waals surface area contributed by atoms with Crippen LogP contribution in [0.15, 0.2) is 23.2 Å². The van der Waals surface area contributed by atoms with Crippen LogP contribution in [0.25, 0.3) is 0 Å². The largest absolute Gasteiger partial charge is 0.356 e. The van der Waals surface area contributed by atoms with Gasteiger partial charge in [-0.1, -0.05) is 13.3 Å². The van der Waals surface area contributed by atoms with Crippen molar-refractivity contribution in [2.24, 2.45) is 10.9 Å². The summed E-state index contributed by atoms with van der Waals surface area (Å²) in [5, 5.41) is 6.29. The van der Waals surface area contributed by atoms with E-state index >= 15 is 0 Å². The first kappa shape index (κ1) is 18.6. The molecule has 2 N–H and O–H groups in total. The van der Waals surface area contributed by atoms with Crippen molar-refractivity contribution < 1.29 is 8.78 Å². The van der Waals surface area contributed by atoms with Crippen molar-refractivity contribution in [3.8, 4) is 0 Å². The molecule has 1 saturated heterocycles. The van der Waals surface area contributed by atoms with E-state index in [1.165, 1.54) is 38.4 Å². The molecule has 1 unspecified atom stereocenters. The van der Waals surface area contributed by atoms with Gasteiger partial charge in [0.15, 0.2) is 5.96 Å².